The molecule has 1 aliphatic carbocycles. The number of nitrogens with zero attached hydrogens (tertiary/aromatic N) is 2. The first-order valence-corrected chi connectivity index (χ1v) is 13.1. The maximum Gasteiger partial charge on any atom is 0.286 e. The Kier molecular flexibility index (Phi) is 8.71. The summed E-state index contributed by atoms with van der Waals surface area (Å²) in [7, 11) is 6.44. The molecule has 39 heavy (non-hydrogen) atoms. The van der Waals surface area contributed by atoms with Crippen LogP contribution in [0.4, 0.5) is 9.18 Å². The molecule has 0 radical (unpaired) electrons. The van der Waals surface area contributed by atoms with Gasteiger partial charge >= 0.3 is 0 Å². The number of fused-ring (bicyclic) bond motifs is 1. The smallest absolute Gasteiger partial charge is 0.286 e. The third kappa shape index (κ3) is 6.31. The number of benzene rings is 2. The number of ether oxygens (including phenoxy) is 2. The molecule has 4 rings (SSSR count). The van der Waals surface area contributed by atoms with Crippen LogP contribution in [0.2, 0.25) is 0 Å². The van der Waals surface area contributed by atoms with Crippen molar-refractivity contribution in [2.75, 3.05) is 28.3 Å². The Morgan fingerprint density at radius 3 is 2.38 bits per heavy atom. The van der Waals surface area contributed by atoms with E-state index in [0.717, 1.165) is 45.3 Å². The van der Waals surface area contributed by atoms with Crippen LogP contribution in [-0.4, -0.2) is 49.3 Å². The third-order valence-corrected chi connectivity index (χ3v) is 7.48. The van der Waals surface area contributed by atoms with Gasteiger partial charge in [-0.25, -0.2) is 4.39 Å². The lowest BCUT2D eigenvalue weighted by Gasteiger charge is -2.16. The van der Waals surface area contributed by atoms with Gasteiger partial charge in [0.25, 0.3) is 5.24 Å². The fourth-order valence-corrected chi connectivity index (χ4v) is 5.17. The van der Waals surface area contributed by atoms with Crippen LogP contribution in [0.1, 0.15) is 35.7 Å². The van der Waals surface area contributed by atoms with Crippen molar-refractivity contribution in [3.63, 3.8) is 0 Å². The number of allylic oxidation sites excluding steroid dienone is 2. The molecule has 2 aromatic carbocycles. The van der Waals surface area contributed by atoms with Crippen molar-refractivity contribution in [3.05, 3.63) is 88.5 Å². The molecule has 1 heterocycles. The lowest BCUT2D eigenvalue weighted by molar-refractivity contribution is -0.120. The topological polar surface area (TPSA) is 80.8 Å². The molecule has 0 unspecified atom stereocenters. The molecule has 1 N–H and O–H groups in total. The maximum absolute atomic E-state index is 14.3. The van der Waals surface area contributed by atoms with Crippen molar-refractivity contribution in [2.45, 2.75) is 24.8 Å². The van der Waals surface area contributed by atoms with E-state index in [1.54, 1.807) is 26.4 Å². The zero-order chi connectivity index (χ0) is 28.1. The number of thioether (sulfide) groups is 1. The van der Waals surface area contributed by atoms with Crippen LogP contribution in [0, 0.1) is 5.82 Å². The molecule has 0 fully saturated rings. The minimum atomic E-state index is -0.371. The van der Waals surface area contributed by atoms with Crippen LogP contribution in [0.25, 0.3) is 17.2 Å². The van der Waals surface area contributed by atoms with Crippen molar-refractivity contribution in [2.24, 2.45) is 0 Å². The van der Waals surface area contributed by atoms with Gasteiger partial charge in [-0.3, -0.25) is 14.6 Å². The molecular formula is C30H30FN3O4S. The number of amides is 2. The lowest BCUT2D eigenvalue weighted by Crippen LogP contribution is -2.23. The minimum absolute atomic E-state index is 0.0985. The van der Waals surface area contributed by atoms with Gasteiger partial charge in [0.2, 0.25) is 5.91 Å². The molecule has 0 aliphatic heterocycles. The Balaban J connectivity index is 1.69. The fraction of sp³-hybridized carbons (Fsp3) is 0.233. The Morgan fingerprint density at radius 1 is 1.05 bits per heavy atom. The average Bonchev–Trinajstić information content (AvgIpc) is 3.17. The van der Waals surface area contributed by atoms with Gasteiger partial charge in [-0.1, -0.05) is 12.1 Å². The summed E-state index contributed by atoms with van der Waals surface area (Å²) in [5, 5.41) is 2.74. The van der Waals surface area contributed by atoms with E-state index in [-0.39, 0.29) is 23.4 Å². The highest BCUT2D eigenvalue weighted by molar-refractivity contribution is 8.13. The fourth-order valence-electron chi connectivity index (χ4n) is 4.33. The van der Waals surface area contributed by atoms with Crippen molar-refractivity contribution >= 4 is 40.1 Å². The van der Waals surface area contributed by atoms with Crippen molar-refractivity contribution in [3.8, 4) is 11.5 Å². The van der Waals surface area contributed by atoms with Gasteiger partial charge in [0.05, 0.1) is 32.9 Å². The first-order chi connectivity index (χ1) is 18.7. The van der Waals surface area contributed by atoms with Gasteiger partial charge in [-0.15, -0.1) is 0 Å². The zero-order valence-electron chi connectivity index (χ0n) is 22.5. The third-order valence-electron chi connectivity index (χ3n) is 6.33. The highest BCUT2D eigenvalue weighted by Crippen LogP contribution is 2.45. The molecule has 0 saturated heterocycles. The van der Waals surface area contributed by atoms with Crippen LogP contribution in [0.3, 0.4) is 0 Å². The number of rotatable bonds is 8. The number of halogens is 1. The summed E-state index contributed by atoms with van der Waals surface area (Å²) in [5.41, 5.74) is 5.56. The normalized spacial score (nSPS) is 13.3. The Morgan fingerprint density at radius 2 is 1.77 bits per heavy atom. The van der Waals surface area contributed by atoms with Crippen LogP contribution in [0.5, 0.6) is 11.5 Å². The SMILES string of the molecule is COc1cc(/C=C2/C(C)=C(CC(=O)NCc3ccccn3)c3cc(F)ccc32)cc(OC)c1SC(=O)N(C)C. The second-order valence-electron chi connectivity index (χ2n) is 9.14. The highest BCUT2D eigenvalue weighted by Gasteiger charge is 2.26. The van der Waals surface area contributed by atoms with Crippen LogP contribution in [-0.2, 0) is 11.3 Å². The molecular weight excluding hydrogens is 517 g/mol. The van der Waals surface area contributed by atoms with Crippen molar-refractivity contribution in [1.82, 2.24) is 15.2 Å². The number of aromatic nitrogens is 1. The van der Waals surface area contributed by atoms with E-state index >= 15 is 0 Å². The van der Waals surface area contributed by atoms with Gasteiger partial charge in [-0.05, 0) is 94.6 Å². The molecule has 0 atom stereocenters. The second kappa shape index (κ2) is 12.2. The number of nitrogens with one attached hydrogen (secondary N) is 1. The first kappa shape index (κ1) is 27.9. The largest absolute Gasteiger partial charge is 0.495 e. The molecule has 1 aliphatic rings. The van der Waals surface area contributed by atoms with Gasteiger partial charge in [0.15, 0.2) is 0 Å². The van der Waals surface area contributed by atoms with E-state index in [4.69, 9.17) is 9.47 Å². The number of methoxy groups -OCH3 is 2. The summed E-state index contributed by atoms with van der Waals surface area (Å²) in [6.45, 7) is 2.24. The van der Waals surface area contributed by atoms with Crippen molar-refractivity contribution in [1.29, 1.82) is 0 Å². The summed E-state index contributed by atoms with van der Waals surface area (Å²) in [4.78, 5) is 31.5. The lowest BCUT2D eigenvalue weighted by atomic mass is 10.0. The molecule has 7 nitrogen and oxygen atoms in total. The number of pyridine rings is 1. The van der Waals surface area contributed by atoms with Gasteiger partial charge in [0, 0.05) is 20.3 Å². The van der Waals surface area contributed by atoms with Gasteiger partial charge in [-0.2, -0.15) is 0 Å². The predicted octanol–water partition coefficient (Wildman–Crippen LogP) is 6.05. The minimum Gasteiger partial charge on any atom is -0.495 e. The number of hydrogen-bond donors (Lipinski definition) is 1. The van der Waals surface area contributed by atoms with E-state index in [9.17, 15) is 14.0 Å². The Bertz CT molecular complexity index is 1440. The van der Waals surface area contributed by atoms with E-state index in [1.807, 2.05) is 43.3 Å². The standard InChI is InChI=1S/C30H30FN3O4S/c1-18-23(12-19-13-26(37-4)29(27(14-19)38-5)39-30(36)34(2)3)22-10-9-20(31)15-25(22)24(18)16-28(35)33-17-21-8-6-7-11-32-21/h6-15H,16-17H2,1-5H3,(H,33,35)/b23-12-. The maximum atomic E-state index is 14.3. The Labute approximate surface area is 231 Å². The van der Waals surface area contributed by atoms with Crippen molar-refractivity contribution < 1.29 is 23.5 Å². The van der Waals surface area contributed by atoms with Crippen LogP contribution >= 0.6 is 11.8 Å². The molecule has 1 aromatic heterocycles. The zero-order valence-corrected chi connectivity index (χ0v) is 23.3. The van der Waals surface area contributed by atoms with E-state index in [0.29, 0.717) is 28.5 Å². The second-order valence-corrected chi connectivity index (χ2v) is 10.1. The number of carbonyl (C=O) groups excluding carboxylic acids is 2. The van der Waals surface area contributed by atoms with Crippen LogP contribution < -0.4 is 14.8 Å². The molecule has 9 heteroatoms. The molecule has 0 saturated carbocycles. The summed E-state index contributed by atoms with van der Waals surface area (Å²) < 4.78 is 25.5. The highest BCUT2D eigenvalue weighted by atomic mass is 32.2. The summed E-state index contributed by atoms with van der Waals surface area (Å²) in [5.74, 6) is 0.440. The number of hydrogen-bond acceptors (Lipinski definition) is 6. The Hall–Kier alpha value is -4.11. The van der Waals surface area contributed by atoms with Crippen LogP contribution in [0.15, 0.2) is 65.2 Å². The molecule has 0 spiro atoms. The first-order valence-electron chi connectivity index (χ1n) is 12.3. The average molecular weight is 548 g/mol. The summed E-state index contributed by atoms with van der Waals surface area (Å²) in [6.07, 6.45) is 3.73. The monoisotopic (exact) mass is 547 g/mol. The van der Waals surface area contributed by atoms with E-state index in [1.165, 1.54) is 31.3 Å². The molecule has 202 valence electrons. The van der Waals surface area contributed by atoms with Gasteiger partial charge in [0.1, 0.15) is 22.2 Å². The predicted molar refractivity (Wildman–Crippen MR) is 152 cm³/mol. The van der Waals surface area contributed by atoms with Gasteiger partial charge < -0.3 is 19.7 Å². The molecule has 2 amide bonds. The van der Waals surface area contributed by atoms with E-state index < -0.39 is 0 Å². The van der Waals surface area contributed by atoms with E-state index in [2.05, 4.69) is 10.3 Å². The summed E-state index contributed by atoms with van der Waals surface area (Å²) >= 11 is 1.02. The number of carbonyl (C=O) groups is 2. The molecule has 0 bridgehead atoms. The quantitative estimate of drug-likeness (QED) is 0.346. The summed E-state index contributed by atoms with van der Waals surface area (Å²) in [6, 6.07) is 13.8. The molecule has 3 aromatic rings.